The van der Waals surface area contributed by atoms with Crippen LogP contribution in [0.5, 0.6) is 5.75 Å². The highest BCUT2D eigenvalue weighted by Crippen LogP contribution is 2.13. The standard InChI is InChI=1S/C18H31NO2/c1-15(2)14-21-18-9-7-17(8-10-18)13-19-11-5-6-12-20-16(3)4/h7-10,15-16,19H,5-6,11-14H2,1-4H3. The van der Waals surface area contributed by atoms with Crippen LogP contribution in [-0.2, 0) is 11.3 Å². The molecule has 120 valence electrons. The number of ether oxygens (including phenoxy) is 2. The Morgan fingerprint density at radius 2 is 1.71 bits per heavy atom. The molecule has 0 atom stereocenters. The lowest BCUT2D eigenvalue weighted by Gasteiger charge is -2.10. The van der Waals surface area contributed by atoms with Gasteiger partial charge in [-0.05, 0) is 56.8 Å². The van der Waals surface area contributed by atoms with Gasteiger partial charge in [0.25, 0.3) is 0 Å². The van der Waals surface area contributed by atoms with Crippen molar-refractivity contribution in [2.75, 3.05) is 19.8 Å². The molecular formula is C18H31NO2. The van der Waals surface area contributed by atoms with E-state index in [-0.39, 0.29) is 0 Å². The lowest BCUT2D eigenvalue weighted by atomic mass is 10.2. The van der Waals surface area contributed by atoms with E-state index in [9.17, 15) is 0 Å². The molecule has 1 rings (SSSR count). The van der Waals surface area contributed by atoms with Crippen molar-refractivity contribution in [3.63, 3.8) is 0 Å². The highest BCUT2D eigenvalue weighted by atomic mass is 16.5. The molecule has 0 bridgehead atoms. The molecule has 0 heterocycles. The van der Waals surface area contributed by atoms with E-state index in [1.807, 2.05) is 0 Å². The van der Waals surface area contributed by atoms with E-state index < -0.39 is 0 Å². The third-order valence-electron chi connectivity index (χ3n) is 3.03. The second-order valence-electron chi connectivity index (χ2n) is 6.15. The van der Waals surface area contributed by atoms with Crippen LogP contribution in [-0.4, -0.2) is 25.9 Å². The molecule has 0 unspecified atom stereocenters. The van der Waals surface area contributed by atoms with E-state index in [0.29, 0.717) is 12.0 Å². The van der Waals surface area contributed by atoms with Crippen LogP contribution in [0.1, 0.15) is 46.1 Å². The minimum atomic E-state index is 0.342. The summed E-state index contributed by atoms with van der Waals surface area (Å²) in [6.45, 7) is 12.1. The van der Waals surface area contributed by atoms with E-state index in [1.165, 1.54) is 5.56 Å². The second kappa shape index (κ2) is 10.6. The number of unbranched alkanes of at least 4 members (excludes halogenated alkanes) is 1. The van der Waals surface area contributed by atoms with Crippen molar-refractivity contribution in [2.24, 2.45) is 5.92 Å². The Bertz CT molecular complexity index is 360. The largest absolute Gasteiger partial charge is 0.493 e. The van der Waals surface area contributed by atoms with Crippen molar-refractivity contribution in [3.8, 4) is 5.75 Å². The fourth-order valence-electron chi connectivity index (χ4n) is 1.87. The van der Waals surface area contributed by atoms with E-state index >= 15 is 0 Å². The highest BCUT2D eigenvalue weighted by Gasteiger charge is 1.98. The van der Waals surface area contributed by atoms with Gasteiger partial charge in [0, 0.05) is 13.2 Å². The van der Waals surface area contributed by atoms with Crippen molar-refractivity contribution in [1.29, 1.82) is 0 Å². The molecule has 0 fully saturated rings. The van der Waals surface area contributed by atoms with Crippen LogP contribution in [0.25, 0.3) is 0 Å². The normalized spacial score (nSPS) is 11.3. The minimum absolute atomic E-state index is 0.342. The van der Waals surface area contributed by atoms with E-state index in [1.54, 1.807) is 0 Å². The third-order valence-corrected chi connectivity index (χ3v) is 3.03. The zero-order chi connectivity index (χ0) is 15.5. The van der Waals surface area contributed by atoms with Crippen LogP contribution < -0.4 is 10.1 Å². The second-order valence-corrected chi connectivity index (χ2v) is 6.15. The Balaban J connectivity index is 2.09. The molecule has 1 aromatic rings. The van der Waals surface area contributed by atoms with Gasteiger partial charge in [-0.1, -0.05) is 26.0 Å². The molecule has 0 aliphatic heterocycles. The fourth-order valence-corrected chi connectivity index (χ4v) is 1.87. The first-order valence-electron chi connectivity index (χ1n) is 8.12. The molecule has 3 nitrogen and oxygen atoms in total. The average Bonchev–Trinajstić information content (AvgIpc) is 2.45. The molecule has 0 aliphatic rings. The summed E-state index contributed by atoms with van der Waals surface area (Å²) in [6.07, 6.45) is 2.62. The van der Waals surface area contributed by atoms with Gasteiger partial charge in [-0.2, -0.15) is 0 Å². The van der Waals surface area contributed by atoms with Crippen molar-refractivity contribution in [1.82, 2.24) is 5.32 Å². The molecule has 0 radical (unpaired) electrons. The zero-order valence-corrected chi connectivity index (χ0v) is 14.0. The van der Waals surface area contributed by atoms with Crippen LogP contribution >= 0.6 is 0 Å². The van der Waals surface area contributed by atoms with Gasteiger partial charge in [0.15, 0.2) is 0 Å². The molecule has 21 heavy (non-hydrogen) atoms. The molecule has 1 aromatic carbocycles. The Morgan fingerprint density at radius 1 is 1.00 bits per heavy atom. The van der Waals surface area contributed by atoms with E-state index in [2.05, 4.69) is 57.3 Å². The van der Waals surface area contributed by atoms with Crippen molar-refractivity contribution in [3.05, 3.63) is 29.8 Å². The molecule has 0 spiro atoms. The first-order chi connectivity index (χ1) is 10.1. The summed E-state index contributed by atoms with van der Waals surface area (Å²) in [6, 6.07) is 8.36. The molecule has 0 aliphatic carbocycles. The first-order valence-corrected chi connectivity index (χ1v) is 8.12. The molecule has 0 amide bonds. The summed E-state index contributed by atoms with van der Waals surface area (Å²) in [5.41, 5.74) is 1.30. The molecule has 0 saturated carbocycles. The lowest BCUT2D eigenvalue weighted by molar-refractivity contribution is 0.0760. The number of rotatable bonds is 11. The summed E-state index contributed by atoms with van der Waals surface area (Å²) in [5.74, 6) is 1.52. The van der Waals surface area contributed by atoms with Gasteiger partial charge < -0.3 is 14.8 Å². The van der Waals surface area contributed by atoms with Gasteiger partial charge in [0.05, 0.1) is 12.7 Å². The maximum atomic E-state index is 5.68. The SMILES string of the molecule is CC(C)COc1ccc(CNCCCCOC(C)C)cc1. The topological polar surface area (TPSA) is 30.5 Å². The summed E-state index contributed by atoms with van der Waals surface area (Å²) >= 11 is 0. The average molecular weight is 293 g/mol. The van der Waals surface area contributed by atoms with Gasteiger partial charge in [0.1, 0.15) is 5.75 Å². The maximum absolute atomic E-state index is 5.68. The van der Waals surface area contributed by atoms with Gasteiger partial charge >= 0.3 is 0 Å². The predicted octanol–water partition coefficient (Wildman–Crippen LogP) is 4.02. The van der Waals surface area contributed by atoms with Gasteiger partial charge in [-0.25, -0.2) is 0 Å². The summed E-state index contributed by atoms with van der Waals surface area (Å²) in [7, 11) is 0. The van der Waals surface area contributed by atoms with Crippen LogP contribution in [0.4, 0.5) is 0 Å². The molecule has 0 aromatic heterocycles. The number of benzene rings is 1. The number of hydrogen-bond acceptors (Lipinski definition) is 3. The summed E-state index contributed by atoms with van der Waals surface area (Å²) < 4.78 is 11.2. The predicted molar refractivity (Wildman–Crippen MR) is 88.8 cm³/mol. The Labute approximate surface area is 130 Å². The first kappa shape index (κ1) is 18.0. The summed E-state index contributed by atoms with van der Waals surface area (Å²) in [4.78, 5) is 0. The fraction of sp³-hybridized carbons (Fsp3) is 0.667. The van der Waals surface area contributed by atoms with Crippen LogP contribution in [0.3, 0.4) is 0 Å². The number of hydrogen-bond donors (Lipinski definition) is 1. The highest BCUT2D eigenvalue weighted by molar-refractivity contribution is 5.27. The Hall–Kier alpha value is -1.06. The maximum Gasteiger partial charge on any atom is 0.119 e. The van der Waals surface area contributed by atoms with Crippen molar-refractivity contribution in [2.45, 2.75) is 53.2 Å². The Kier molecular flexibility index (Phi) is 9.11. The van der Waals surface area contributed by atoms with Gasteiger partial charge in [-0.3, -0.25) is 0 Å². The van der Waals surface area contributed by atoms with E-state index in [4.69, 9.17) is 9.47 Å². The minimum Gasteiger partial charge on any atom is -0.493 e. The quantitative estimate of drug-likeness (QED) is 0.625. The molecule has 1 N–H and O–H groups in total. The van der Waals surface area contributed by atoms with Crippen molar-refractivity contribution >= 4 is 0 Å². The lowest BCUT2D eigenvalue weighted by Crippen LogP contribution is -2.15. The van der Waals surface area contributed by atoms with Crippen molar-refractivity contribution < 1.29 is 9.47 Å². The zero-order valence-electron chi connectivity index (χ0n) is 14.0. The summed E-state index contributed by atoms with van der Waals surface area (Å²) in [5, 5.41) is 3.46. The van der Waals surface area contributed by atoms with Crippen LogP contribution in [0.2, 0.25) is 0 Å². The smallest absolute Gasteiger partial charge is 0.119 e. The van der Waals surface area contributed by atoms with E-state index in [0.717, 1.165) is 44.9 Å². The number of nitrogens with one attached hydrogen (secondary N) is 1. The monoisotopic (exact) mass is 293 g/mol. The Morgan fingerprint density at radius 3 is 2.33 bits per heavy atom. The third kappa shape index (κ3) is 9.48. The van der Waals surface area contributed by atoms with Gasteiger partial charge in [-0.15, -0.1) is 0 Å². The van der Waals surface area contributed by atoms with Crippen LogP contribution in [0, 0.1) is 5.92 Å². The molecule has 0 saturated heterocycles. The van der Waals surface area contributed by atoms with Crippen LogP contribution in [0.15, 0.2) is 24.3 Å². The van der Waals surface area contributed by atoms with Gasteiger partial charge in [0.2, 0.25) is 0 Å². The molecule has 3 heteroatoms. The molecular weight excluding hydrogens is 262 g/mol.